The largest absolute Gasteiger partial charge is 0.383 e. The summed E-state index contributed by atoms with van der Waals surface area (Å²) in [7, 11) is 0. The van der Waals surface area contributed by atoms with Crippen molar-refractivity contribution in [1.29, 1.82) is 0 Å². The summed E-state index contributed by atoms with van der Waals surface area (Å²) in [6, 6.07) is 3.64. The van der Waals surface area contributed by atoms with E-state index in [1.54, 1.807) is 17.2 Å². The molecule has 0 unspecified atom stereocenters. The summed E-state index contributed by atoms with van der Waals surface area (Å²) < 4.78 is 5.28. The molecule has 154 valence electrons. The molecule has 2 aliphatic heterocycles. The lowest BCUT2D eigenvalue weighted by Gasteiger charge is -2.25. The zero-order valence-electron chi connectivity index (χ0n) is 17.1. The summed E-state index contributed by atoms with van der Waals surface area (Å²) in [4.78, 5) is 33.4. The monoisotopic (exact) mass is 397 g/mol. The molecule has 2 saturated heterocycles. The Morgan fingerprint density at radius 3 is 2.93 bits per heavy atom. The minimum absolute atomic E-state index is 0.0725. The molecule has 0 saturated carbocycles. The van der Waals surface area contributed by atoms with Crippen molar-refractivity contribution in [2.75, 3.05) is 25.0 Å². The van der Waals surface area contributed by atoms with Gasteiger partial charge in [0, 0.05) is 56.1 Å². The van der Waals surface area contributed by atoms with Crippen molar-refractivity contribution in [3.05, 3.63) is 41.5 Å². The second-order valence-electron chi connectivity index (χ2n) is 8.10. The maximum atomic E-state index is 12.9. The van der Waals surface area contributed by atoms with Crippen molar-refractivity contribution in [2.45, 2.75) is 51.6 Å². The van der Waals surface area contributed by atoms with Crippen LogP contribution >= 0.6 is 0 Å². The quantitative estimate of drug-likeness (QED) is 0.805. The van der Waals surface area contributed by atoms with Gasteiger partial charge in [-0.1, -0.05) is 19.0 Å². The van der Waals surface area contributed by atoms with E-state index >= 15 is 0 Å². The first-order valence-electron chi connectivity index (χ1n) is 10.2. The van der Waals surface area contributed by atoms with Crippen LogP contribution in [0.15, 0.2) is 29.0 Å². The van der Waals surface area contributed by atoms with Crippen LogP contribution in [0.25, 0.3) is 0 Å². The summed E-state index contributed by atoms with van der Waals surface area (Å²) >= 11 is 0. The minimum atomic E-state index is -0.145. The molecule has 1 N–H and O–H groups in total. The van der Waals surface area contributed by atoms with E-state index in [4.69, 9.17) is 4.52 Å². The van der Waals surface area contributed by atoms with Gasteiger partial charge in [-0.05, 0) is 25.0 Å². The predicted molar refractivity (Wildman–Crippen MR) is 108 cm³/mol. The lowest BCUT2D eigenvalue weighted by atomic mass is 10.1. The number of nitrogens with zero attached hydrogens (tertiary/aromatic N) is 4. The molecule has 2 fully saturated rings. The van der Waals surface area contributed by atoms with Gasteiger partial charge in [0.15, 0.2) is 5.69 Å². The van der Waals surface area contributed by atoms with E-state index in [-0.39, 0.29) is 29.8 Å². The number of fused-ring (bicyclic) bond motifs is 1. The summed E-state index contributed by atoms with van der Waals surface area (Å²) in [6.07, 6.45) is 4.74. The van der Waals surface area contributed by atoms with E-state index in [0.717, 1.165) is 17.7 Å². The summed E-state index contributed by atoms with van der Waals surface area (Å²) in [6.45, 7) is 7.91. The van der Waals surface area contributed by atoms with Crippen LogP contribution in [-0.4, -0.2) is 63.5 Å². The number of carbonyl (C=O) groups excluding carboxylic acids is 2. The van der Waals surface area contributed by atoms with Gasteiger partial charge in [0.05, 0.1) is 12.1 Å². The molecule has 2 aromatic rings. The molecule has 2 aromatic heterocycles. The number of nitrogens with one attached hydrogen (secondary N) is 1. The van der Waals surface area contributed by atoms with Crippen molar-refractivity contribution >= 4 is 17.5 Å². The Hall–Kier alpha value is -2.90. The van der Waals surface area contributed by atoms with Gasteiger partial charge in [-0.2, -0.15) is 0 Å². The highest BCUT2D eigenvalue weighted by atomic mass is 16.5. The number of hydrogen-bond acceptors (Lipinski definition) is 6. The number of amides is 2. The molecule has 2 amide bonds. The zero-order chi connectivity index (χ0) is 20.5. The zero-order valence-corrected chi connectivity index (χ0v) is 17.1. The predicted octanol–water partition coefficient (Wildman–Crippen LogP) is 2.43. The average Bonchev–Trinajstić information content (AvgIpc) is 3.39. The van der Waals surface area contributed by atoms with E-state index in [9.17, 15) is 9.59 Å². The number of aryl methyl sites for hydroxylation is 1. The third-order valence-corrected chi connectivity index (χ3v) is 5.88. The number of anilines is 1. The van der Waals surface area contributed by atoms with Crippen LogP contribution in [0, 0.1) is 6.92 Å². The van der Waals surface area contributed by atoms with Crippen LogP contribution in [-0.2, 0) is 4.79 Å². The van der Waals surface area contributed by atoms with Crippen LogP contribution in [0.5, 0.6) is 0 Å². The second kappa shape index (κ2) is 7.85. The van der Waals surface area contributed by atoms with E-state index in [0.29, 0.717) is 37.5 Å². The molecule has 4 rings (SSSR count). The number of rotatable bonds is 6. The van der Waals surface area contributed by atoms with Gasteiger partial charge >= 0.3 is 0 Å². The molecule has 0 spiro atoms. The van der Waals surface area contributed by atoms with E-state index in [2.05, 4.69) is 15.5 Å². The number of likely N-dealkylation sites (tertiary alicyclic amines) is 2. The number of carbonyl (C=O) groups is 2. The van der Waals surface area contributed by atoms with Gasteiger partial charge < -0.3 is 19.6 Å². The molecule has 8 heteroatoms. The number of pyridine rings is 1. The number of hydrogen-bond donors (Lipinski definition) is 1. The van der Waals surface area contributed by atoms with Gasteiger partial charge in [-0.15, -0.1) is 0 Å². The maximum Gasteiger partial charge on any atom is 0.276 e. The first-order valence-corrected chi connectivity index (χ1v) is 10.2. The van der Waals surface area contributed by atoms with Crippen LogP contribution < -0.4 is 5.32 Å². The maximum absolute atomic E-state index is 12.9. The molecule has 4 heterocycles. The molecule has 2 aliphatic rings. The highest BCUT2D eigenvalue weighted by Crippen LogP contribution is 2.33. The Labute approximate surface area is 170 Å². The fourth-order valence-electron chi connectivity index (χ4n) is 4.26. The summed E-state index contributed by atoms with van der Waals surface area (Å²) in [5.41, 5.74) is 2.43. The third-order valence-electron chi connectivity index (χ3n) is 5.88. The Morgan fingerprint density at radius 1 is 1.38 bits per heavy atom. The van der Waals surface area contributed by atoms with Gasteiger partial charge in [0.1, 0.15) is 5.76 Å². The Balaban J connectivity index is 1.38. The van der Waals surface area contributed by atoms with Crippen molar-refractivity contribution in [3.63, 3.8) is 0 Å². The Bertz CT molecular complexity index is 909. The number of aromatic nitrogens is 2. The Morgan fingerprint density at radius 2 is 2.21 bits per heavy atom. The smallest absolute Gasteiger partial charge is 0.276 e. The summed E-state index contributed by atoms with van der Waals surface area (Å²) in [5, 5.41) is 7.32. The van der Waals surface area contributed by atoms with Crippen LogP contribution in [0.3, 0.4) is 0 Å². The van der Waals surface area contributed by atoms with Crippen molar-refractivity contribution in [2.24, 2.45) is 0 Å². The molecular weight excluding hydrogens is 370 g/mol. The second-order valence-corrected chi connectivity index (χ2v) is 8.10. The molecule has 0 bridgehead atoms. The Kier molecular flexibility index (Phi) is 5.25. The molecule has 2 atom stereocenters. The van der Waals surface area contributed by atoms with E-state index in [1.807, 2.05) is 37.9 Å². The molecule has 29 heavy (non-hydrogen) atoms. The highest BCUT2D eigenvalue weighted by molar-refractivity contribution is 5.94. The minimum Gasteiger partial charge on any atom is -0.383 e. The fourth-order valence-corrected chi connectivity index (χ4v) is 4.26. The molecule has 0 aromatic carbocycles. The highest BCUT2D eigenvalue weighted by Gasteiger charge is 2.48. The summed E-state index contributed by atoms with van der Waals surface area (Å²) in [5.74, 6) is 0.836. The van der Waals surface area contributed by atoms with E-state index < -0.39 is 0 Å². The lowest BCUT2D eigenvalue weighted by molar-refractivity contribution is -0.128. The molecular formula is C21H27N5O3. The van der Waals surface area contributed by atoms with Crippen molar-refractivity contribution in [3.8, 4) is 0 Å². The van der Waals surface area contributed by atoms with Crippen LogP contribution in [0.4, 0.5) is 5.69 Å². The van der Waals surface area contributed by atoms with Crippen LogP contribution in [0.1, 0.15) is 54.4 Å². The molecule has 0 radical (unpaired) electrons. The van der Waals surface area contributed by atoms with Gasteiger partial charge in [-0.25, -0.2) is 0 Å². The third kappa shape index (κ3) is 3.71. The fraction of sp³-hybridized carbons (Fsp3) is 0.524. The lowest BCUT2D eigenvalue weighted by Crippen LogP contribution is -2.41. The van der Waals surface area contributed by atoms with Crippen LogP contribution in [0.2, 0.25) is 0 Å². The van der Waals surface area contributed by atoms with Crippen molar-refractivity contribution in [1.82, 2.24) is 19.9 Å². The van der Waals surface area contributed by atoms with E-state index in [1.165, 1.54) is 0 Å². The van der Waals surface area contributed by atoms with Gasteiger partial charge in [0.25, 0.3) is 5.91 Å². The first-order chi connectivity index (χ1) is 14.0. The normalized spacial score (nSPS) is 21.2. The molecule has 8 nitrogen and oxygen atoms in total. The standard InChI is InChI=1S/C21H27N5O3/c1-13(2)19-10-16(24-29-19)21(28)26-8-5-17-18(26)11-20(27)25(17)9-7-23-15-4-6-22-12-14(15)3/h4,6,10,12-13,17-18H,5,7-9,11H2,1-3H3,(H,22,23)/t17-,18-/m0/s1. The van der Waals surface area contributed by atoms with Gasteiger partial charge in [-0.3, -0.25) is 14.6 Å². The molecule has 0 aliphatic carbocycles. The van der Waals surface area contributed by atoms with Gasteiger partial charge in [0.2, 0.25) is 5.91 Å². The first kappa shape index (κ1) is 19.4. The SMILES string of the molecule is Cc1cnccc1NCCN1C(=O)C[C@H]2[C@@H]1CCN2C(=O)c1cc(C(C)C)on1. The average molecular weight is 397 g/mol. The topological polar surface area (TPSA) is 91.6 Å². The van der Waals surface area contributed by atoms with Crippen molar-refractivity contribution < 1.29 is 14.1 Å².